The lowest BCUT2D eigenvalue weighted by Crippen LogP contribution is -2.44. The molecule has 0 aliphatic carbocycles. The molecule has 6 nitrogen and oxygen atoms in total. The molecular weight excluding hydrogens is 267 g/mol. The molecule has 0 aliphatic heterocycles. The van der Waals surface area contributed by atoms with Crippen molar-refractivity contribution in [2.45, 2.75) is 32.2 Å². The molecular formula is C13H19FN2O4. The average molecular weight is 286 g/mol. The van der Waals surface area contributed by atoms with Crippen LogP contribution in [0.25, 0.3) is 0 Å². The molecule has 0 heterocycles. The van der Waals surface area contributed by atoms with E-state index in [9.17, 15) is 14.5 Å². The number of rotatable bonds is 7. The van der Waals surface area contributed by atoms with Gasteiger partial charge in [0.25, 0.3) is 0 Å². The number of nitrogens with zero attached hydrogens (tertiary/aromatic N) is 1. The Balaban J connectivity index is 3.00. The molecule has 112 valence electrons. The van der Waals surface area contributed by atoms with E-state index >= 15 is 0 Å². The number of nitro benzene ring substituents is 1. The summed E-state index contributed by atoms with van der Waals surface area (Å²) in [4.78, 5) is 10.0. The molecule has 0 amide bonds. The van der Waals surface area contributed by atoms with E-state index in [2.05, 4.69) is 0 Å². The topological polar surface area (TPSA) is 87.6 Å². The van der Waals surface area contributed by atoms with Gasteiger partial charge in [0.2, 0.25) is 5.75 Å². The van der Waals surface area contributed by atoms with Gasteiger partial charge in [0.1, 0.15) is 6.61 Å². The van der Waals surface area contributed by atoms with Crippen LogP contribution in [0.5, 0.6) is 11.5 Å². The summed E-state index contributed by atoms with van der Waals surface area (Å²) in [5, 5.41) is 10.8. The quantitative estimate of drug-likeness (QED) is 0.615. The Hall–Kier alpha value is -1.89. The van der Waals surface area contributed by atoms with Crippen molar-refractivity contribution in [3.8, 4) is 11.5 Å². The number of hydrogen-bond donors (Lipinski definition) is 1. The zero-order valence-corrected chi connectivity index (χ0v) is 11.8. The van der Waals surface area contributed by atoms with Crippen LogP contribution < -0.4 is 15.2 Å². The number of nitrogens with two attached hydrogens (primary N) is 1. The standard InChI is InChI=1S/C13H19FN2O4/c1-4-13(15,5-2)8-20-11-7-12(19-3)10(16(17)18)6-9(11)14/h6-7H,4-5,8,15H2,1-3H3. The summed E-state index contributed by atoms with van der Waals surface area (Å²) in [7, 11) is 1.27. The van der Waals surface area contributed by atoms with Crippen LogP contribution in [-0.4, -0.2) is 24.2 Å². The van der Waals surface area contributed by atoms with Gasteiger partial charge in [-0.25, -0.2) is 4.39 Å². The normalized spacial score (nSPS) is 11.2. The van der Waals surface area contributed by atoms with E-state index in [1.807, 2.05) is 13.8 Å². The van der Waals surface area contributed by atoms with Crippen LogP contribution in [-0.2, 0) is 0 Å². The van der Waals surface area contributed by atoms with Crippen molar-refractivity contribution >= 4 is 5.69 Å². The minimum absolute atomic E-state index is 0.0537. The van der Waals surface area contributed by atoms with Crippen molar-refractivity contribution in [3.63, 3.8) is 0 Å². The third-order valence-corrected chi connectivity index (χ3v) is 3.35. The van der Waals surface area contributed by atoms with Gasteiger partial charge in [0.15, 0.2) is 11.6 Å². The van der Waals surface area contributed by atoms with E-state index in [0.717, 1.165) is 6.07 Å². The Labute approximate surface area is 116 Å². The predicted octanol–water partition coefficient (Wildman–Crippen LogP) is 2.64. The highest BCUT2D eigenvalue weighted by Gasteiger charge is 2.24. The summed E-state index contributed by atoms with van der Waals surface area (Å²) in [6, 6.07) is 1.95. The molecule has 0 aromatic heterocycles. The Morgan fingerprint density at radius 3 is 2.40 bits per heavy atom. The SMILES string of the molecule is CCC(N)(CC)COc1cc(OC)c([N+](=O)[O-])cc1F. The first-order valence-corrected chi connectivity index (χ1v) is 6.30. The number of ether oxygens (including phenoxy) is 2. The number of halogens is 1. The van der Waals surface area contributed by atoms with Crippen LogP contribution in [0, 0.1) is 15.9 Å². The van der Waals surface area contributed by atoms with Gasteiger partial charge < -0.3 is 15.2 Å². The Kier molecular flexibility index (Phi) is 5.26. The van der Waals surface area contributed by atoms with E-state index in [0.29, 0.717) is 12.8 Å². The van der Waals surface area contributed by atoms with Gasteiger partial charge in [-0.1, -0.05) is 13.8 Å². The summed E-state index contributed by atoms with van der Waals surface area (Å²) in [5.41, 5.74) is 5.06. The maximum Gasteiger partial charge on any atom is 0.314 e. The molecule has 2 N–H and O–H groups in total. The smallest absolute Gasteiger partial charge is 0.314 e. The van der Waals surface area contributed by atoms with Crippen LogP contribution in [0.15, 0.2) is 12.1 Å². The molecule has 20 heavy (non-hydrogen) atoms. The first-order chi connectivity index (χ1) is 9.36. The van der Waals surface area contributed by atoms with Crippen molar-refractivity contribution in [1.82, 2.24) is 0 Å². The fraction of sp³-hybridized carbons (Fsp3) is 0.538. The third-order valence-electron chi connectivity index (χ3n) is 3.35. The van der Waals surface area contributed by atoms with E-state index in [1.165, 1.54) is 13.2 Å². The highest BCUT2D eigenvalue weighted by atomic mass is 19.1. The lowest BCUT2D eigenvalue weighted by molar-refractivity contribution is -0.386. The van der Waals surface area contributed by atoms with Gasteiger partial charge >= 0.3 is 5.69 Å². The Bertz CT molecular complexity index is 490. The molecule has 7 heteroatoms. The molecule has 0 saturated heterocycles. The highest BCUT2D eigenvalue weighted by molar-refractivity contribution is 5.51. The third kappa shape index (κ3) is 3.57. The fourth-order valence-electron chi connectivity index (χ4n) is 1.62. The molecule has 0 atom stereocenters. The molecule has 0 bridgehead atoms. The first-order valence-electron chi connectivity index (χ1n) is 6.30. The maximum atomic E-state index is 13.8. The van der Waals surface area contributed by atoms with Crippen molar-refractivity contribution in [3.05, 3.63) is 28.1 Å². The van der Waals surface area contributed by atoms with Crippen LogP contribution in [0.3, 0.4) is 0 Å². The van der Waals surface area contributed by atoms with Crippen molar-refractivity contribution in [2.24, 2.45) is 5.73 Å². The second-order valence-corrected chi connectivity index (χ2v) is 4.57. The molecule has 1 aromatic rings. The van der Waals surface area contributed by atoms with E-state index in [1.54, 1.807) is 0 Å². The van der Waals surface area contributed by atoms with Gasteiger partial charge in [-0.3, -0.25) is 10.1 Å². The summed E-state index contributed by atoms with van der Waals surface area (Å²) >= 11 is 0. The molecule has 0 unspecified atom stereocenters. The van der Waals surface area contributed by atoms with Crippen molar-refractivity contribution < 1.29 is 18.8 Å². The van der Waals surface area contributed by atoms with Crippen molar-refractivity contribution in [1.29, 1.82) is 0 Å². The minimum atomic E-state index is -0.813. The Morgan fingerprint density at radius 2 is 1.95 bits per heavy atom. The Morgan fingerprint density at radius 1 is 1.35 bits per heavy atom. The number of nitro groups is 1. The number of benzene rings is 1. The van der Waals surface area contributed by atoms with E-state index < -0.39 is 22.0 Å². The molecule has 0 spiro atoms. The second-order valence-electron chi connectivity index (χ2n) is 4.57. The summed E-state index contributed by atoms with van der Waals surface area (Å²) < 4.78 is 24.0. The van der Waals surface area contributed by atoms with Gasteiger partial charge in [-0.2, -0.15) is 0 Å². The monoisotopic (exact) mass is 286 g/mol. The summed E-state index contributed by atoms with van der Waals surface area (Å²) in [6.45, 7) is 3.96. The molecule has 0 radical (unpaired) electrons. The predicted molar refractivity (Wildman–Crippen MR) is 72.6 cm³/mol. The van der Waals surface area contributed by atoms with Crippen LogP contribution in [0.4, 0.5) is 10.1 Å². The van der Waals surface area contributed by atoms with Gasteiger partial charge in [-0.15, -0.1) is 0 Å². The highest BCUT2D eigenvalue weighted by Crippen LogP contribution is 2.33. The van der Waals surface area contributed by atoms with Gasteiger partial charge in [0, 0.05) is 11.6 Å². The lowest BCUT2D eigenvalue weighted by Gasteiger charge is -2.26. The minimum Gasteiger partial charge on any atom is -0.490 e. The van der Waals surface area contributed by atoms with Crippen LogP contribution >= 0.6 is 0 Å². The zero-order valence-electron chi connectivity index (χ0n) is 11.8. The van der Waals surface area contributed by atoms with Gasteiger partial charge in [-0.05, 0) is 12.8 Å². The largest absolute Gasteiger partial charge is 0.490 e. The molecule has 0 aliphatic rings. The second kappa shape index (κ2) is 6.51. The summed E-state index contributed by atoms with van der Waals surface area (Å²) in [6.07, 6.45) is 1.35. The zero-order chi connectivity index (χ0) is 15.3. The van der Waals surface area contributed by atoms with E-state index in [4.69, 9.17) is 15.2 Å². The molecule has 0 fully saturated rings. The first kappa shape index (κ1) is 16.2. The van der Waals surface area contributed by atoms with Crippen molar-refractivity contribution in [2.75, 3.05) is 13.7 Å². The number of methoxy groups -OCH3 is 1. The molecule has 1 aromatic carbocycles. The fourth-order valence-corrected chi connectivity index (χ4v) is 1.62. The van der Waals surface area contributed by atoms with Crippen LogP contribution in [0.2, 0.25) is 0 Å². The average Bonchev–Trinajstić information content (AvgIpc) is 2.45. The van der Waals surface area contributed by atoms with Gasteiger partial charge in [0.05, 0.1) is 18.1 Å². The van der Waals surface area contributed by atoms with Crippen LogP contribution in [0.1, 0.15) is 26.7 Å². The maximum absolute atomic E-state index is 13.8. The summed E-state index contributed by atoms with van der Waals surface area (Å²) in [5.74, 6) is -0.974. The molecule has 1 rings (SSSR count). The molecule has 0 saturated carbocycles. The number of hydrogen-bond acceptors (Lipinski definition) is 5. The lowest BCUT2D eigenvalue weighted by atomic mass is 9.96. The van der Waals surface area contributed by atoms with E-state index in [-0.39, 0.29) is 18.1 Å².